The summed E-state index contributed by atoms with van der Waals surface area (Å²) in [5.74, 6) is 1.68. The predicted octanol–water partition coefficient (Wildman–Crippen LogP) is 0.768. The number of hydrogen-bond acceptors (Lipinski definition) is 4. The zero-order chi connectivity index (χ0) is 13.1. The van der Waals surface area contributed by atoms with Crippen molar-refractivity contribution in [1.29, 1.82) is 0 Å². The largest absolute Gasteiger partial charge is 0.381 e. The minimum absolute atomic E-state index is 0.545. The maximum Gasteiger partial charge on any atom is 0.0509 e. The molecule has 4 heteroatoms. The van der Waals surface area contributed by atoms with Crippen LogP contribution >= 0.6 is 0 Å². The SMILES string of the molecule is NCC(C1CCCOC1)N1CCN(CC2CC2)CC1. The second kappa shape index (κ2) is 6.53. The van der Waals surface area contributed by atoms with E-state index in [0.29, 0.717) is 12.0 Å². The van der Waals surface area contributed by atoms with Gasteiger partial charge in [0.15, 0.2) is 0 Å². The van der Waals surface area contributed by atoms with E-state index in [1.165, 1.54) is 58.4 Å². The molecule has 2 heterocycles. The van der Waals surface area contributed by atoms with Crippen LogP contribution in [0, 0.1) is 11.8 Å². The van der Waals surface area contributed by atoms with Crippen molar-refractivity contribution >= 4 is 0 Å². The molecule has 0 aromatic rings. The molecule has 4 nitrogen and oxygen atoms in total. The molecule has 19 heavy (non-hydrogen) atoms. The first-order valence-electron chi connectivity index (χ1n) is 8.11. The predicted molar refractivity (Wildman–Crippen MR) is 77.1 cm³/mol. The maximum absolute atomic E-state index is 6.05. The van der Waals surface area contributed by atoms with Gasteiger partial charge in [-0.2, -0.15) is 0 Å². The van der Waals surface area contributed by atoms with Crippen molar-refractivity contribution < 1.29 is 4.74 Å². The van der Waals surface area contributed by atoms with E-state index in [9.17, 15) is 0 Å². The van der Waals surface area contributed by atoms with E-state index in [1.54, 1.807) is 0 Å². The Labute approximate surface area is 117 Å². The van der Waals surface area contributed by atoms with Crippen LogP contribution in [0.25, 0.3) is 0 Å². The van der Waals surface area contributed by atoms with Crippen LogP contribution in [0.4, 0.5) is 0 Å². The minimum atomic E-state index is 0.545. The molecule has 2 atom stereocenters. The van der Waals surface area contributed by atoms with Crippen molar-refractivity contribution in [2.45, 2.75) is 31.7 Å². The molecule has 3 rings (SSSR count). The highest BCUT2D eigenvalue weighted by molar-refractivity contribution is 4.87. The van der Waals surface area contributed by atoms with E-state index in [0.717, 1.165) is 25.7 Å². The van der Waals surface area contributed by atoms with Crippen LogP contribution in [0.15, 0.2) is 0 Å². The smallest absolute Gasteiger partial charge is 0.0509 e. The second-order valence-electron chi connectivity index (χ2n) is 6.56. The number of piperazine rings is 1. The minimum Gasteiger partial charge on any atom is -0.381 e. The molecule has 3 aliphatic rings. The summed E-state index contributed by atoms with van der Waals surface area (Å²) in [6.07, 6.45) is 5.43. The van der Waals surface area contributed by atoms with Crippen molar-refractivity contribution in [3.8, 4) is 0 Å². The number of nitrogens with zero attached hydrogens (tertiary/aromatic N) is 2. The van der Waals surface area contributed by atoms with Gasteiger partial charge in [-0.1, -0.05) is 0 Å². The Morgan fingerprint density at radius 3 is 2.47 bits per heavy atom. The number of nitrogens with two attached hydrogens (primary N) is 1. The highest BCUT2D eigenvalue weighted by Crippen LogP contribution is 2.30. The van der Waals surface area contributed by atoms with Gasteiger partial charge in [0.25, 0.3) is 0 Å². The third kappa shape index (κ3) is 3.69. The summed E-state index contributed by atoms with van der Waals surface area (Å²) in [5.41, 5.74) is 6.05. The molecule has 110 valence electrons. The molecular formula is C15H29N3O. The lowest BCUT2D eigenvalue weighted by Crippen LogP contribution is -2.55. The van der Waals surface area contributed by atoms with E-state index in [1.807, 2.05) is 0 Å². The molecule has 1 aliphatic carbocycles. The van der Waals surface area contributed by atoms with Crippen LogP contribution in [0.5, 0.6) is 0 Å². The first-order valence-corrected chi connectivity index (χ1v) is 8.11. The number of hydrogen-bond donors (Lipinski definition) is 1. The topological polar surface area (TPSA) is 41.7 Å². The van der Waals surface area contributed by atoms with Gasteiger partial charge in [-0.05, 0) is 37.5 Å². The lowest BCUT2D eigenvalue weighted by molar-refractivity contribution is -0.00287. The van der Waals surface area contributed by atoms with E-state index < -0.39 is 0 Å². The molecule has 2 N–H and O–H groups in total. The van der Waals surface area contributed by atoms with Crippen molar-refractivity contribution in [3.63, 3.8) is 0 Å². The monoisotopic (exact) mass is 267 g/mol. The Kier molecular flexibility index (Phi) is 4.74. The highest BCUT2D eigenvalue weighted by atomic mass is 16.5. The van der Waals surface area contributed by atoms with Crippen LogP contribution < -0.4 is 5.73 Å². The first kappa shape index (κ1) is 13.8. The maximum atomic E-state index is 6.05. The Hall–Kier alpha value is -0.160. The quantitative estimate of drug-likeness (QED) is 0.799. The van der Waals surface area contributed by atoms with E-state index in [-0.39, 0.29) is 0 Å². The van der Waals surface area contributed by atoms with E-state index in [4.69, 9.17) is 10.5 Å². The third-order valence-electron chi connectivity index (χ3n) is 5.07. The molecule has 1 saturated carbocycles. The molecule has 2 aliphatic heterocycles. The standard InChI is InChI=1S/C15H29N3O/c16-10-15(14-2-1-9-19-12-14)18-7-5-17(6-8-18)11-13-3-4-13/h13-15H,1-12,16H2. The molecule has 2 unspecified atom stereocenters. The molecule has 0 amide bonds. The van der Waals surface area contributed by atoms with Gasteiger partial charge in [-0.3, -0.25) is 4.90 Å². The Morgan fingerprint density at radius 1 is 1.11 bits per heavy atom. The molecule has 0 radical (unpaired) electrons. The molecule has 3 fully saturated rings. The summed E-state index contributed by atoms with van der Waals surface area (Å²) >= 11 is 0. The van der Waals surface area contributed by atoms with Crippen LogP contribution in [-0.4, -0.2) is 68.3 Å². The normalized spacial score (nSPS) is 32.4. The summed E-state index contributed by atoms with van der Waals surface area (Å²) in [6, 6.07) is 0.545. The van der Waals surface area contributed by atoms with E-state index >= 15 is 0 Å². The number of ether oxygens (including phenoxy) is 1. The molecule has 0 bridgehead atoms. The summed E-state index contributed by atoms with van der Waals surface area (Å²) in [6.45, 7) is 8.87. The van der Waals surface area contributed by atoms with Crippen LogP contribution in [0.2, 0.25) is 0 Å². The van der Waals surface area contributed by atoms with Gasteiger partial charge < -0.3 is 15.4 Å². The fourth-order valence-electron chi connectivity index (χ4n) is 3.65. The van der Waals surface area contributed by atoms with Gasteiger partial charge in [0.05, 0.1) is 6.61 Å². The molecule has 0 aromatic carbocycles. The highest BCUT2D eigenvalue weighted by Gasteiger charge is 2.32. The van der Waals surface area contributed by atoms with Crippen LogP contribution in [0.1, 0.15) is 25.7 Å². The van der Waals surface area contributed by atoms with Crippen molar-refractivity contribution in [1.82, 2.24) is 9.80 Å². The first-order chi connectivity index (χ1) is 9.36. The van der Waals surface area contributed by atoms with Crippen molar-refractivity contribution in [2.24, 2.45) is 17.6 Å². The van der Waals surface area contributed by atoms with Gasteiger partial charge >= 0.3 is 0 Å². The van der Waals surface area contributed by atoms with Crippen LogP contribution in [0.3, 0.4) is 0 Å². The Bertz CT molecular complexity index is 269. The average molecular weight is 267 g/mol. The summed E-state index contributed by atoms with van der Waals surface area (Å²) in [4.78, 5) is 5.28. The molecular weight excluding hydrogens is 238 g/mol. The second-order valence-corrected chi connectivity index (χ2v) is 6.56. The summed E-state index contributed by atoms with van der Waals surface area (Å²) in [7, 11) is 0. The fraction of sp³-hybridized carbons (Fsp3) is 1.00. The lowest BCUT2D eigenvalue weighted by atomic mass is 9.92. The van der Waals surface area contributed by atoms with Gasteiger partial charge in [0.1, 0.15) is 0 Å². The van der Waals surface area contributed by atoms with Gasteiger partial charge in [-0.25, -0.2) is 0 Å². The zero-order valence-electron chi connectivity index (χ0n) is 12.1. The summed E-state index contributed by atoms with van der Waals surface area (Å²) < 4.78 is 5.65. The van der Waals surface area contributed by atoms with Gasteiger partial charge in [0.2, 0.25) is 0 Å². The van der Waals surface area contributed by atoms with Crippen LogP contribution in [-0.2, 0) is 4.74 Å². The average Bonchev–Trinajstić information content (AvgIpc) is 3.27. The number of rotatable bonds is 5. The Morgan fingerprint density at radius 2 is 1.89 bits per heavy atom. The molecule has 0 spiro atoms. The van der Waals surface area contributed by atoms with Crippen molar-refractivity contribution in [3.05, 3.63) is 0 Å². The van der Waals surface area contributed by atoms with Crippen molar-refractivity contribution in [2.75, 3.05) is 52.5 Å². The lowest BCUT2D eigenvalue weighted by Gasteiger charge is -2.42. The summed E-state index contributed by atoms with van der Waals surface area (Å²) in [5, 5.41) is 0. The van der Waals surface area contributed by atoms with Gasteiger partial charge in [-0.15, -0.1) is 0 Å². The Balaban J connectivity index is 1.47. The molecule has 2 saturated heterocycles. The van der Waals surface area contributed by atoms with E-state index in [2.05, 4.69) is 9.80 Å². The zero-order valence-corrected chi connectivity index (χ0v) is 12.1. The van der Waals surface area contributed by atoms with Gasteiger partial charge in [0, 0.05) is 51.9 Å². The molecule has 0 aromatic heterocycles. The fourth-order valence-corrected chi connectivity index (χ4v) is 3.65. The third-order valence-corrected chi connectivity index (χ3v) is 5.07.